The Bertz CT molecular complexity index is 783. The maximum atomic E-state index is 11.3. The van der Waals surface area contributed by atoms with Crippen molar-refractivity contribution >= 4 is 5.97 Å². The molecular formula is C25H36O5. The summed E-state index contributed by atoms with van der Waals surface area (Å²) in [5, 5.41) is 20.1. The van der Waals surface area contributed by atoms with E-state index in [1.807, 2.05) is 6.08 Å². The second kappa shape index (κ2) is 9.63. The second-order valence-corrected chi connectivity index (χ2v) is 9.51. The lowest BCUT2D eigenvalue weighted by molar-refractivity contribution is -0.155. The molecule has 0 radical (unpaired) electrons. The number of aliphatic hydroxyl groups excluding tert-OH is 2. The van der Waals surface area contributed by atoms with Gasteiger partial charge in [-0.1, -0.05) is 42.7 Å². The SMILES string of the molecule is CC1=C(CC/C(C)=C/CCC2=CC[C@H](C3=CC(=O)OC3O)OC2O)C(C)(C)CCC1. The van der Waals surface area contributed by atoms with Gasteiger partial charge in [-0.05, 0) is 76.2 Å². The molecule has 0 saturated heterocycles. The third-order valence-corrected chi connectivity index (χ3v) is 6.75. The highest BCUT2D eigenvalue weighted by Crippen LogP contribution is 2.42. The van der Waals surface area contributed by atoms with E-state index in [1.54, 1.807) is 11.1 Å². The van der Waals surface area contributed by atoms with Crippen molar-refractivity contribution < 1.29 is 24.5 Å². The number of carbonyl (C=O) groups excluding carboxylic acids is 1. The molecule has 3 aliphatic rings. The molecule has 5 nitrogen and oxygen atoms in total. The third-order valence-electron chi connectivity index (χ3n) is 6.75. The van der Waals surface area contributed by atoms with Crippen molar-refractivity contribution in [3.05, 3.63) is 46.1 Å². The van der Waals surface area contributed by atoms with Crippen molar-refractivity contribution in [3.8, 4) is 0 Å². The Balaban J connectivity index is 1.49. The molecule has 2 N–H and O–H groups in total. The van der Waals surface area contributed by atoms with Crippen molar-refractivity contribution in [3.63, 3.8) is 0 Å². The average Bonchev–Trinajstić information content (AvgIpc) is 3.00. The zero-order chi connectivity index (χ0) is 21.9. The summed E-state index contributed by atoms with van der Waals surface area (Å²) in [5.74, 6) is -0.575. The van der Waals surface area contributed by atoms with E-state index in [0.29, 0.717) is 17.4 Å². The summed E-state index contributed by atoms with van der Waals surface area (Å²) in [6, 6.07) is 0. The Labute approximate surface area is 180 Å². The van der Waals surface area contributed by atoms with Gasteiger partial charge in [0, 0.05) is 11.6 Å². The number of hydrogen-bond donors (Lipinski definition) is 2. The molecule has 1 aliphatic carbocycles. The normalized spacial score (nSPS) is 29.6. The van der Waals surface area contributed by atoms with E-state index < -0.39 is 24.7 Å². The zero-order valence-electron chi connectivity index (χ0n) is 18.7. The Kier molecular flexibility index (Phi) is 7.38. The van der Waals surface area contributed by atoms with Crippen LogP contribution in [0.25, 0.3) is 0 Å². The zero-order valence-corrected chi connectivity index (χ0v) is 18.7. The molecule has 166 valence electrons. The largest absolute Gasteiger partial charge is 0.429 e. The van der Waals surface area contributed by atoms with Gasteiger partial charge in [0.2, 0.25) is 6.29 Å². The van der Waals surface area contributed by atoms with Crippen molar-refractivity contribution in [1.29, 1.82) is 0 Å². The highest BCUT2D eigenvalue weighted by molar-refractivity contribution is 5.85. The molecule has 2 unspecified atom stereocenters. The molecule has 2 heterocycles. The first-order valence-electron chi connectivity index (χ1n) is 11.1. The van der Waals surface area contributed by atoms with Gasteiger partial charge < -0.3 is 19.7 Å². The van der Waals surface area contributed by atoms with Crippen LogP contribution in [-0.4, -0.2) is 34.9 Å². The maximum Gasteiger partial charge on any atom is 0.333 e. The Morgan fingerprint density at radius 3 is 2.67 bits per heavy atom. The van der Waals surface area contributed by atoms with E-state index in [9.17, 15) is 15.0 Å². The Morgan fingerprint density at radius 2 is 2.03 bits per heavy atom. The molecule has 2 aliphatic heterocycles. The first-order chi connectivity index (χ1) is 14.2. The van der Waals surface area contributed by atoms with Crippen molar-refractivity contribution in [1.82, 2.24) is 0 Å². The van der Waals surface area contributed by atoms with Crippen molar-refractivity contribution in [2.75, 3.05) is 0 Å². The van der Waals surface area contributed by atoms with Crippen LogP contribution in [0.4, 0.5) is 0 Å². The first-order valence-corrected chi connectivity index (χ1v) is 11.1. The van der Waals surface area contributed by atoms with Gasteiger partial charge in [0.15, 0.2) is 6.29 Å². The number of ether oxygens (including phenoxy) is 2. The lowest BCUT2D eigenvalue weighted by Crippen LogP contribution is -2.32. The fraction of sp³-hybridized carbons (Fsp3) is 0.640. The van der Waals surface area contributed by atoms with Crippen LogP contribution in [0.15, 0.2) is 46.1 Å². The minimum Gasteiger partial charge on any atom is -0.429 e. The fourth-order valence-corrected chi connectivity index (χ4v) is 4.91. The quantitative estimate of drug-likeness (QED) is 0.458. The average molecular weight is 417 g/mol. The predicted molar refractivity (Wildman–Crippen MR) is 116 cm³/mol. The smallest absolute Gasteiger partial charge is 0.333 e. The fourth-order valence-electron chi connectivity index (χ4n) is 4.91. The summed E-state index contributed by atoms with van der Waals surface area (Å²) in [6.07, 6.45) is 10.8. The molecule has 5 heteroatoms. The van der Waals surface area contributed by atoms with E-state index >= 15 is 0 Å². The lowest BCUT2D eigenvalue weighted by Gasteiger charge is -2.35. The molecule has 0 saturated carbocycles. The van der Waals surface area contributed by atoms with Crippen LogP contribution in [0.3, 0.4) is 0 Å². The molecule has 0 aromatic carbocycles. The van der Waals surface area contributed by atoms with E-state index in [1.165, 1.54) is 30.9 Å². The number of aliphatic hydroxyl groups is 2. The van der Waals surface area contributed by atoms with Gasteiger partial charge >= 0.3 is 5.97 Å². The van der Waals surface area contributed by atoms with Gasteiger partial charge in [-0.15, -0.1) is 0 Å². The summed E-state index contributed by atoms with van der Waals surface area (Å²) >= 11 is 0. The Morgan fingerprint density at radius 1 is 1.27 bits per heavy atom. The molecule has 0 aromatic heterocycles. The van der Waals surface area contributed by atoms with Gasteiger partial charge in [0.05, 0.1) is 6.10 Å². The topological polar surface area (TPSA) is 76.0 Å². The van der Waals surface area contributed by atoms with Gasteiger partial charge in [0.1, 0.15) is 0 Å². The highest BCUT2D eigenvalue weighted by Gasteiger charge is 2.34. The number of carbonyl (C=O) groups is 1. The standard InChI is InChI=1S/C25H36O5/c1-16(10-12-20-17(2)8-6-14-25(20,3)4)7-5-9-18-11-13-21(29-23(18)27)19-15-22(26)30-24(19)28/h7,11,15,21,23-24,27-28H,5-6,8-10,12-14H2,1-4H3/b16-7+/t21-,23?,24?/m1/s1. The summed E-state index contributed by atoms with van der Waals surface area (Å²) in [5.41, 5.74) is 6.15. The van der Waals surface area contributed by atoms with E-state index in [0.717, 1.165) is 31.3 Å². The highest BCUT2D eigenvalue weighted by atomic mass is 16.6. The van der Waals surface area contributed by atoms with Crippen LogP contribution in [0.1, 0.15) is 79.1 Å². The molecule has 0 aromatic rings. The first kappa shape index (κ1) is 23.0. The second-order valence-electron chi connectivity index (χ2n) is 9.51. The van der Waals surface area contributed by atoms with Crippen molar-refractivity contribution in [2.24, 2.45) is 5.41 Å². The van der Waals surface area contributed by atoms with Gasteiger partial charge in [-0.3, -0.25) is 0 Å². The van der Waals surface area contributed by atoms with Gasteiger partial charge in [0.25, 0.3) is 0 Å². The molecule has 0 bridgehead atoms. The minimum absolute atomic E-state index is 0.325. The predicted octanol–water partition coefficient (Wildman–Crippen LogP) is 4.86. The van der Waals surface area contributed by atoms with Crippen LogP contribution in [0.5, 0.6) is 0 Å². The van der Waals surface area contributed by atoms with Crippen LogP contribution >= 0.6 is 0 Å². The third kappa shape index (κ3) is 5.51. The molecule has 3 rings (SSSR count). The molecule has 3 atom stereocenters. The summed E-state index contributed by atoms with van der Waals surface area (Å²) < 4.78 is 10.3. The summed E-state index contributed by atoms with van der Waals surface area (Å²) in [4.78, 5) is 11.3. The molecule has 0 spiro atoms. The Hall–Kier alpha value is -1.69. The summed E-state index contributed by atoms with van der Waals surface area (Å²) in [6.45, 7) is 9.23. The number of allylic oxidation sites excluding steroid dienone is 4. The molecule has 30 heavy (non-hydrogen) atoms. The number of esters is 1. The number of rotatable bonds is 7. The van der Waals surface area contributed by atoms with Gasteiger partial charge in [-0.2, -0.15) is 0 Å². The van der Waals surface area contributed by atoms with Crippen LogP contribution in [-0.2, 0) is 14.3 Å². The van der Waals surface area contributed by atoms with Crippen LogP contribution in [0, 0.1) is 5.41 Å². The molecule has 0 amide bonds. The van der Waals surface area contributed by atoms with Gasteiger partial charge in [-0.25, -0.2) is 4.79 Å². The number of hydrogen-bond acceptors (Lipinski definition) is 5. The monoisotopic (exact) mass is 416 g/mol. The molecular weight excluding hydrogens is 380 g/mol. The number of cyclic esters (lactones) is 1. The lowest BCUT2D eigenvalue weighted by atomic mass is 9.71. The maximum absolute atomic E-state index is 11.3. The van der Waals surface area contributed by atoms with E-state index in [2.05, 4.69) is 33.8 Å². The minimum atomic E-state index is -1.27. The van der Waals surface area contributed by atoms with E-state index in [-0.39, 0.29) is 0 Å². The van der Waals surface area contributed by atoms with E-state index in [4.69, 9.17) is 9.47 Å². The molecule has 0 fully saturated rings. The summed E-state index contributed by atoms with van der Waals surface area (Å²) in [7, 11) is 0. The van der Waals surface area contributed by atoms with Crippen LogP contribution in [0.2, 0.25) is 0 Å². The van der Waals surface area contributed by atoms with Crippen LogP contribution < -0.4 is 0 Å². The van der Waals surface area contributed by atoms with Crippen molar-refractivity contribution in [2.45, 2.75) is 97.7 Å².